The monoisotopic (exact) mass is 397 g/mol. The second-order valence-corrected chi connectivity index (χ2v) is 6.53. The van der Waals surface area contributed by atoms with Crippen molar-refractivity contribution >= 4 is 23.2 Å². The van der Waals surface area contributed by atoms with Gasteiger partial charge in [0.1, 0.15) is 0 Å². The molecule has 0 unspecified atom stereocenters. The molecular formula is C18H22F3N5O2. The Morgan fingerprint density at radius 3 is 2.46 bits per heavy atom. The molecule has 1 heterocycles. The molecule has 0 aliphatic rings. The van der Waals surface area contributed by atoms with Gasteiger partial charge in [-0.25, -0.2) is 0 Å². The highest BCUT2D eigenvalue weighted by Gasteiger charge is 2.32. The molecule has 2 aromatic rings. The zero-order valence-corrected chi connectivity index (χ0v) is 15.8. The van der Waals surface area contributed by atoms with E-state index in [1.807, 2.05) is 6.92 Å². The zero-order chi connectivity index (χ0) is 20.9. The van der Waals surface area contributed by atoms with E-state index in [0.717, 1.165) is 18.6 Å². The van der Waals surface area contributed by atoms with Crippen LogP contribution in [0.25, 0.3) is 0 Å². The SMILES string of the molecule is CCCn1cc(NC(=O)c2cc(NC(=O)CN(C)C)cc(C(F)(F)F)c2)cn1. The summed E-state index contributed by atoms with van der Waals surface area (Å²) in [5.41, 5.74) is -0.984. The standard InChI is InChI=1S/C18H22F3N5O2/c1-4-5-26-10-15(9-22-26)24-17(28)12-6-13(18(19,20)21)8-14(7-12)23-16(27)11-25(2)3/h6-10H,4-5,11H2,1-3H3,(H,23,27)(H,24,28). The Balaban J connectivity index is 2.26. The van der Waals surface area contributed by atoms with Gasteiger partial charge >= 0.3 is 6.18 Å². The first-order valence-electron chi connectivity index (χ1n) is 8.59. The maximum absolute atomic E-state index is 13.2. The Morgan fingerprint density at radius 2 is 1.86 bits per heavy atom. The molecule has 0 fully saturated rings. The number of anilines is 2. The van der Waals surface area contributed by atoms with Gasteiger partial charge in [-0.15, -0.1) is 0 Å². The van der Waals surface area contributed by atoms with Crippen molar-refractivity contribution in [3.05, 3.63) is 41.7 Å². The van der Waals surface area contributed by atoms with Crippen molar-refractivity contribution in [1.29, 1.82) is 0 Å². The molecule has 0 bridgehead atoms. The summed E-state index contributed by atoms with van der Waals surface area (Å²) in [5, 5.41) is 8.96. The van der Waals surface area contributed by atoms with Gasteiger partial charge in [-0.2, -0.15) is 18.3 Å². The quantitative estimate of drug-likeness (QED) is 0.753. The number of rotatable bonds is 7. The maximum atomic E-state index is 13.2. The lowest BCUT2D eigenvalue weighted by atomic mass is 10.1. The van der Waals surface area contributed by atoms with E-state index >= 15 is 0 Å². The van der Waals surface area contributed by atoms with Crippen molar-refractivity contribution in [1.82, 2.24) is 14.7 Å². The molecule has 0 saturated carbocycles. The number of nitrogens with zero attached hydrogens (tertiary/aromatic N) is 3. The van der Waals surface area contributed by atoms with Gasteiger partial charge in [0.15, 0.2) is 0 Å². The molecule has 7 nitrogen and oxygen atoms in total. The topological polar surface area (TPSA) is 79.3 Å². The van der Waals surface area contributed by atoms with E-state index in [2.05, 4.69) is 15.7 Å². The van der Waals surface area contributed by atoms with E-state index in [9.17, 15) is 22.8 Å². The van der Waals surface area contributed by atoms with Gasteiger partial charge in [-0.05, 0) is 38.7 Å². The lowest BCUT2D eigenvalue weighted by Crippen LogP contribution is -2.27. The number of aromatic nitrogens is 2. The summed E-state index contributed by atoms with van der Waals surface area (Å²) in [5.74, 6) is -1.22. The Hall–Kier alpha value is -2.88. The van der Waals surface area contributed by atoms with Crippen molar-refractivity contribution < 1.29 is 22.8 Å². The number of likely N-dealkylation sites (N-methyl/N-ethyl adjacent to an activating group) is 1. The van der Waals surface area contributed by atoms with Crippen LogP contribution in [0, 0.1) is 0 Å². The molecule has 0 spiro atoms. The summed E-state index contributed by atoms with van der Waals surface area (Å²) in [7, 11) is 3.31. The number of alkyl halides is 3. The van der Waals surface area contributed by atoms with Crippen LogP contribution >= 0.6 is 0 Å². The van der Waals surface area contributed by atoms with Crippen molar-refractivity contribution in [2.75, 3.05) is 31.3 Å². The van der Waals surface area contributed by atoms with Crippen LogP contribution in [0.4, 0.5) is 24.5 Å². The van der Waals surface area contributed by atoms with Crippen LogP contribution in [0.3, 0.4) is 0 Å². The number of amides is 2. The van der Waals surface area contributed by atoms with E-state index in [1.165, 1.54) is 12.3 Å². The highest BCUT2D eigenvalue weighted by atomic mass is 19.4. The Labute approximate surface area is 160 Å². The molecule has 2 amide bonds. The van der Waals surface area contributed by atoms with E-state index in [1.54, 1.807) is 29.9 Å². The van der Waals surface area contributed by atoms with Crippen molar-refractivity contribution in [3.63, 3.8) is 0 Å². The Morgan fingerprint density at radius 1 is 1.14 bits per heavy atom. The van der Waals surface area contributed by atoms with Gasteiger partial charge in [0, 0.05) is 24.0 Å². The molecule has 0 aliphatic carbocycles. The third-order valence-corrected chi connectivity index (χ3v) is 3.61. The molecule has 0 atom stereocenters. The van der Waals surface area contributed by atoms with Gasteiger partial charge in [0.2, 0.25) is 5.91 Å². The average Bonchev–Trinajstić information content (AvgIpc) is 3.00. The number of benzene rings is 1. The third kappa shape index (κ3) is 6.08. The summed E-state index contributed by atoms with van der Waals surface area (Å²) in [4.78, 5) is 25.9. The molecule has 152 valence electrons. The summed E-state index contributed by atoms with van der Waals surface area (Å²) < 4.78 is 41.2. The molecule has 2 rings (SSSR count). The summed E-state index contributed by atoms with van der Waals surface area (Å²) in [6.45, 7) is 2.62. The molecule has 0 saturated heterocycles. The van der Waals surface area contributed by atoms with Crippen molar-refractivity contribution in [2.24, 2.45) is 0 Å². The second kappa shape index (κ2) is 8.87. The van der Waals surface area contributed by atoms with E-state index < -0.39 is 23.6 Å². The predicted molar refractivity (Wildman–Crippen MR) is 99.1 cm³/mol. The van der Waals surface area contributed by atoms with Crippen LogP contribution < -0.4 is 10.6 Å². The number of aryl methyl sites for hydroxylation is 1. The lowest BCUT2D eigenvalue weighted by Gasteiger charge is -2.14. The molecule has 2 N–H and O–H groups in total. The highest BCUT2D eigenvalue weighted by molar-refractivity contribution is 6.05. The van der Waals surface area contributed by atoms with Crippen LogP contribution in [0.5, 0.6) is 0 Å². The number of halogens is 3. The first-order valence-corrected chi connectivity index (χ1v) is 8.59. The zero-order valence-electron chi connectivity index (χ0n) is 15.8. The first-order chi connectivity index (χ1) is 13.1. The number of nitrogens with one attached hydrogen (secondary N) is 2. The minimum absolute atomic E-state index is 0.00557. The van der Waals surface area contributed by atoms with Gasteiger partial charge in [0.25, 0.3) is 5.91 Å². The van der Waals surface area contributed by atoms with Gasteiger partial charge in [-0.3, -0.25) is 14.3 Å². The fourth-order valence-corrected chi connectivity index (χ4v) is 2.47. The van der Waals surface area contributed by atoms with Crippen LogP contribution in [-0.2, 0) is 17.5 Å². The Kier molecular flexibility index (Phi) is 6.79. The summed E-state index contributed by atoms with van der Waals surface area (Å²) >= 11 is 0. The van der Waals surface area contributed by atoms with Gasteiger partial charge in [-0.1, -0.05) is 6.92 Å². The number of carbonyl (C=O) groups excluding carboxylic acids is 2. The maximum Gasteiger partial charge on any atom is 0.416 e. The smallest absolute Gasteiger partial charge is 0.325 e. The summed E-state index contributed by atoms with van der Waals surface area (Å²) in [6, 6.07) is 2.74. The minimum Gasteiger partial charge on any atom is -0.325 e. The van der Waals surface area contributed by atoms with Crippen molar-refractivity contribution in [2.45, 2.75) is 26.1 Å². The number of carbonyl (C=O) groups is 2. The predicted octanol–water partition coefficient (Wildman–Crippen LogP) is 3.06. The first kappa shape index (κ1) is 21.4. The summed E-state index contributed by atoms with van der Waals surface area (Å²) in [6.07, 6.45) is -0.808. The average molecular weight is 397 g/mol. The highest BCUT2D eigenvalue weighted by Crippen LogP contribution is 2.32. The Bertz CT molecular complexity index is 846. The fraction of sp³-hybridized carbons (Fsp3) is 0.389. The van der Waals surface area contributed by atoms with E-state index in [0.29, 0.717) is 12.2 Å². The third-order valence-electron chi connectivity index (χ3n) is 3.61. The van der Waals surface area contributed by atoms with Gasteiger partial charge in [0.05, 0.1) is 24.0 Å². The number of hydrogen-bond donors (Lipinski definition) is 2. The molecular weight excluding hydrogens is 375 g/mol. The van der Waals surface area contributed by atoms with Crippen LogP contribution in [0.15, 0.2) is 30.6 Å². The van der Waals surface area contributed by atoms with Crippen molar-refractivity contribution in [3.8, 4) is 0 Å². The van der Waals surface area contributed by atoms with E-state index in [4.69, 9.17) is 0 Å². The van der Waals surface area contributed by atoms with Gasteiger partial charge < -0.3 is 15.5 Å². The lowest BCUT2D eigenvalue weighted by molar-refractivity contribution is -0.137. The van der Waals surface area contributed by atoms with Crippen LogP contribution in [-0.4, -0.2) is 47.1 Å². The van der Waals surface area contributed by atoms with Crippen LogP contribution in [0.1, 0.15) is 29.3 Å². The molecule has 0 radical (unpaired) electrons. The fourth-order valence-electron chi connectivity index (χ4n) is 2.47. The molecule has 28 heavy (non-hydrogen) atoms. The van der Waals surface area contributed by atoms with Crippen LogP contribution in [0.2, 0.25) is 0 Å². The largest absolute Gasteiger partial charge is 0.416 e. The molecule has 0 aliphatic heterocycles. The molecule has 1 aromatic carbocycles. The minimum atomic E-state index is -4.66. The molecule has 10 heteroatoms. The second-order valence-electron chi connectivity index (χ2n) is 6.53. The normalized spacial score (nSPS) is 11.5. The molecule has 1 aromatic heterocycles. The van der Waals surface area contributed by atoms with E-state index in [-0.39, 0.29) is 17.8 Å². The number of hydrogen-bond acceptors (Lipinski definition) is 4.